The minimum atomic E-state index is -0.263. The Bertz CT molecular complexity index is 733. The predicted molar refractivity (Wildman–Crippen MR) is 103 cm³/mol. The molecule has 8 heteroatoms. The molecule has 2 saturated heterocycles. The molecule has 4 saturated carbocycles. The molecule has 28 heavy (non-hydrogen) atoms. The van der Waals surface area contributed by atoms with Crippen LogP contribution in [0.4, 0.5) is 4.79 Å². The number of likely N-dealkylation sites (tertiary alicyclic amines) is 1. The highest BCUT2D eigenvalue weighted by atomic mass is 32.2. The Balaban J connectivity index is 1.22. The van der Waals surface area contributed by atoms with Gasteiger partial charge in [-0.2, -0.15) is 5.26 Å². The largest absolute Gasteiger partial charge is 0.326 e. The van der Waals surface area contributed by atoms with Gasteiger partial charge >= 0.3 is 0 Å². The van der Waals surface area contributed by atoms with Crippen LogP contribution < -0.4 is 5.32 Å². The van der Waals surface area contributed by atoms with Gasteiger partial charge in [0.2, 0.25) is 11.8 Å². The van der Waals surface area contributed by atoms with E-state index in [1.54, 1.807) is 4.90 Å². The summed E-state index contributed by atoms with van der Waals surface area (Å²) in [5.74, 6) is 2.37. The lowest BCUT2D eigenvalue weighted by Crippen LogP contribution is -2.52. The normalized spacial score (nSPS) is 41.3. The highest BCUT2D eigenvalue weighted by Gasteiger charge is 2.61. The van der Waals surface area contributed by atoms with Crippen molar-refractivity contribution in [3.05, 3.63) is 0 Å². The zero-order valence-corrected chi connectivity index (χ0v) is 16.7. The second-order valence-corrected chi connectivity index (χ2v) is 10.1. The topological polar surface area (TPSA) is 93.5 Å². The molecule has 7 nitrogen and oxygen atoms in total. The molecule has 0 radical (unpaired) electrons. The third-order valence-electron chi connectivity index (χ3n) is 7.97. The van der Waals surface area contributed by atoms with Gasteiger partial charge in [0.15, 0.2) is 0 Å². The third-order valence-corrected chi connectivity index (χ3v) is 8.83. The quantitative estimate of drug-likeness (QED) is 0.751. The SMILES string of the molecule is N#C[C@@H]1CCCN1C(=O)CNC12CC3CC1CC(C2)C3CN1C(=O)CSC1=O. The van der Waals surface area contributed by atoms with Crippen molar-refractivity contribution in [3.63, 3.8) is 0 Å². The Kier molecular flexibility index (Phi) is 4.44. The van der Waals surface area contributed by atoms with Crippen molar-refractivity contribution in [2.24, 2.45) is 23.7 Å². The molecule has 150 valence electrons. The van der Waals surface area contributed by atoms with E-state index in [0.717, 1.165) is 50.3 Å². The number of amides is 3. The Morgan fingerprint density at radius 2 is 2.04 bits per heavy atom. The van der Waals surface area contributed by atoms with Crippen molar-refractivity contribution < 1.29 is 14.4 Å². The van der Waals surface area contributed by atoms with E-state index < -0.39 is 0 Å². The molecule has 2 heterocycles. The monoisotopic (exact) mass is 402 g/mol. The van der Waals surface area contributed by atoms with Crippen molar-refractivity contribution in [3.8, 4) is 6.07 Å². The van der Waals surface area contributed by atoms with Crippen LogP contribution in [0, 0.1) is 35.0 Å². The van der Waals surface area contributed by atoms with E-state index in [-0.39, 0.29) is 34.4 Å². The Labute approximate surface area is 169 Å². The molecule has 4 aliphatic carbocycles. The Morgan fingerprint density at radius 3 is 2.68 bits per heavy atom. The number of thioether (sulfide) groups is 1. The fourth-order valence-electron chi connectivity index (χ4n) is 6.74. The van der Waals surface area contributed by atoms with Crippen molar-refractivity contribution in [1.29, 1.82) is 5.26 Å². The van der Waals surface area contributed by atoms with Crippen molar-refractivity contribution in [2.45, 2.75) is 50.1 Å². The molecule has 2 aliphatic heterocycles. The first-order valence-corrected chi connectivity index (χ1v) is 11.4. The van der Waals surface area contributed by atoms with Crippen molar-refractivity contribution >= 4 is 28.8 Å². The number of hydrogen-bond acceptors (Lipinski definition) is 6. The number of nitrogens with zero attached hydrogens (tertiary/aromatic N) is 3. The average Bonchev–Trinajstić information content (AvgIpc) is 3.40. The van der Waals surface area contributed by atoms with Gasteiger partial charge in [-0.3, -0.25) is 19.3 Å². The van der Waals surface area contributed by atoms with E-state index >= 15 is 0 Å². The lowest BCUT2D eigenvalue weighted by molar-refractivity contribution is -0.130. The van der Waals surface area contributed by atoms with Gasteiger partial charge in [-0.05, 0) is 62.2 Å². The molecule has 4 bridgehead atoms. The summed E-state index contributed by atoms with van der Waals surface area (Å²) in [5.41, 5.74) is 0.0388. The van der Waals surface area contributed by atoms with Gasteiger partial charge in [0, 0.05) is 18.6 Å². The van der Waals surface area contributed by atoms with Gasteiger partial charge in [0.25, 0.3) is 5.24 Å². The highest BCUT2D eigenvalue weighted by Crippen LogP contribution is 2.63. The molecule has 1 N–H and O–H groups in total. The predicted octanol–water partition coefficient (Wildman–Crippen LogP) is 1.59. The fraction of sp³-hybridized carbons (Fsp3) is 0.800. The fourth-order valence-corrected chi connectivity index (χ4v) is 7.48. The van der Waals surface area contributed by atoms with E-state index in [4.69, 9.17) is 0 Å². The zero-order valence-electron chi connectivity index (χ0n) is 15.9. The van der Waals surface area contributed by atoms with Crippen LogP contribution in [-0.2, 0) is 9.59 Å². The lowest BCUT2D eigenvalue weighted by Gasteiger charge is -2.40. The molecule has 2 unspecified atom stereocenters. The number of nitrogens with one attached hydrogen (secondary N) is 1. The first-order valence-electron chi connectivity index (χ1n) is 10.4. The van der Waals surface area contributed by atoms with Crippen LogP contribution in [0.2, 0.25) is 0 Å². The van der Waals surface area contributed by atoms with Gasteiger partial charge in [-0.25, -0.2) is 0 Å². The number of nitriles is 1. The molecular formula is C20H26N4O3S. The maximum absolute atomic E-state index is 12.6. The number of rotatable bonds is 5. The van der Waals surface area contributed by atoms with Crippen molar-refractivity contribution in [2.75, 3.05) is 25.4 Å². The van der Waals surface area contributed by atoms with E-state index in [9.17, 15) is 19.6 Å². The van der Waals surface area contributed by atoms with E-state index in [1.165, 1.54) is 4.90 Å². The average molecular weight is 403 g/mol. The third kappa shape index (κ3) is 2.78. The second kappa shape index (κ2) is 6.74. The molecule has 6 fully saturated rings. The van der Waals surface area contributed by atoms with Crippen LogP contribution in [0.25, 0.3) is 0 Å². The van der Waals surface area contributed by atoms with E-state index in [0.29, 0.717) is 43.3 Å². The summed E-state index contributed by atoms with van der Waals surface area (Å²) in [6.07, 6.45) is 6.05. The smallest absolute Gasteiger partial charge is 0.288 e. The van der Waals surface area contributed by atoms with Gasteiger partial charge in [-0.15, -0.1) is 0 Å². The molecule has 0 aromatic heterocycles. The van der Waals surface area contributed by atoms with Crippen molar-refractivity contribution in [1.82, 2.24) is 15.1 Å². The molecule has 0 aromatic carbocycles. The highest BCUT2D eigenvalue weighted by molar-refractivity contribution is 8.14. The molecule has 3 atom stereocenters. The summed E-state index contributed by atoms with van der Waals surface area (Å²) in [7, 11) is 0. The minimum absolute atomic E-state index is 0.0388. The van der Waals surface area contributed by atoms with Gasteiger partial charge < -0.3 is 10.2 Å². The summed E-state index contributed by atoms with van der Waals surface area (Å²) in [6.45, 7) is 1.59. The summed E-state index contributed by atoms with van der Waals surface area (Å²) in [4.78, 5) is 39.8. The molecule has 6 aliphatic rings. The maximum atomic E-state index is 12.6. The summed E-state index contributed by atoms with van der Waals surface area (Å²) in [6, 6.07) is 1.98. The van der Waals surface area contributed by atoms with Crippen LogP contribution >= 0.6 is 11.8 Å². The van der Waals surface area contributed by atoms with Crippen LogP contribution in [0.1, 0.15) is 38.5 Å². The molecular weight excluding hydrogens is 376 g/mol. The van der Waals surface area contributed by atoms with Crippen LogP contribution in [0.15, 0.2) is 0 Å². The summed E-state index contributed by atoms with van der Waals surface area (Å²) >= 11 is 1.12. The summed E-state index contributed by atoms with van der Waals surface area (Å²) in [5, 5.41) is 12.8. The van der Waals surface area contributed by atoms with E-state index in [1.807, 2.05) is 0 Å². The van der Waals surface area contributed by atoms with Crippen LogP contribution in [0.5, 0.6) is 0 Å². The number of carbonyl (C=O) groups excluding carboxylic acids is 3. The zero-order chi connectivity index (χ0) is 19.5. The molecule has 6 rings (SSSR count). The van der Waals surface area contributed by atoms with E-state index in [2.05, 4.69) is 11.4 Å². The second-order valence-electron chi connectivity index (χ2n) is 9.20. The van der Waals surface area contributed by atoms with Gasteiger partial charge in [0.1, 0.15) is 6.04 Å². The minimum Gasteiger partial charge on any atom is -0.326 e. The summed E-state index contributed by atoms with van der Waals surface area (Å²) < 4.78 is 0. The number of hydrogen-bond donors (Lipinski definition) is 1. The first kappa shape index (κ1) is 18.4. The number of imide groups is 1. The molecule has 3 amide bonds. The Hall–Kier alpha value is -1.59. The lowest BCUT2D eigenvalue weighted by atomic mass is 9.71. The molecule has 0 spiro atoms. The number of carbonyl (C=O) groups is 3. The molecule has 0 aromatic rings. The van der Waals surface area contributed by atoms with Crippen LogP contribution in [-0.4, -0.2) is 63.8 Å². The maximum Gasteiger partial charge on any atom is 0.288 e. The standard InChI is InChI=1S/C20H26N4O3S/c21-8-15-2-1-3-23(15)17(25)9-22-20-6-12-4-14(20)5-13(7-20)16(12)10-24-18(26)11-28-19(24)27/h12-16,22H,1-7,9-11H2/t12?,13?,14?,15-,16?,20?/m0/s1. The van der Waals surface area contributed by atoms with Gasteiger partial charge in [-0.1, -0.05) is 11.8 Å². The van der Waals surface area contributed by atoms with Crippen LogP contribution in [0.3, 0.4) is 0 Å². The first-order chi connectivity index (χ1) is 13.5. The Morgan fingerprint density at radius 1 is 1.29 bits per heavy atom. The van der Waals surface area contributed by atoms with Gasteiger partial charge in [0.05, 0.1) is 18.4 Å².